The lowest BCUT2D eigenvalue weighted by Crippen LogP contribution is -2.41. The molecule has 30 heavy (non-hydrogen) atoms. The van der Waals surface area contributed by atoms with E-state index in [1.54, 1.807) is 18.3 Å². The number of nitrogens with one attached hydrogen (secondary N) is 1. The number of carbonyl (C=O) groups excluding carboxylic acids is 1. The smallest absolute Gasteiger partial charge is 0.243 e. The highest BCUT2D eigenvalue weighted by Crippen LogP contribution is 2.26. The molecule has 1 saturated heterocycles. The third kappa shape index (κ3) is 4.27. The molecule has 156 valence electrons. The van der Waals surface area contributed by atoms with Gasteiger partial charge in [-0.05, 0) is 49.2 Å². The lowest BCUT2D eigenvalue weighted by atomic mass is 9.97. The number of carbonyl (C=O) groups is 1. The van der Waals surface area contributed by atoms with Crippen molar-refractivity contribution in [3.05, 3.63) is 66.9 Å². The van der Waals surface area contributed by atoms with Crippen molar-refractivity contribution in [2.24, 2.45) is 5.92 Å². The van der Waals surface area contributed by atoms with E-state index in [4.69, 9.17) is 4.42 Å². The van der Waals surface area contributed by atoms with Gasteiger partial charge in [-0.25, -0.2) is 17.8 Å². The summed E-state index contributed by atoms with van der Waals surface area (Å²) in [5.41, 5.74) is 1.43. The first kappa shape index (κ1) is 20.2. The number of anilines is 1. The Bertz CT molecular complexity index is 1120. The summed E-state index contributed by atoms with van der Waals surface area (Å²) in [6.07, 6.45) is 3.76. The molecular formula is C21H20FN3O4S. The molecule has 1 N–H and O–H groups in total. The highest BCUT2D eigenvalue weighted by Gasteiger charge is 2.32. The Morgan fingerprint density at radius 3 is 2.53 bits per heavy atom. The summed E-state index contributed by atoms with van der Waals surface area (Å²) in [7, 11) is -3.70. The van der Waals surface area contributed by atoms with Gasteiger partial charge in [-0.3, -0.25) is 4.79 Å². The second kappa shape index (κ2) is 8.37. The fraction of sp³-hybridized carbons (Fsp3) is 0.238. The van der Waals surface area contributed by atoms with Crippen molar-refractivity contribution in [1.82, 2.24) is 9.29 Å². The molecule has 3 aromatic rings. The lowest BCUT2D eigenvalue weighted by Gasteiger charge is -2.30. The third-order valence-corrected chi connectivity index (χ3v) is 7.04. The molecule has 1 fully saturated rings. The molecule has 1 aliphatic heterocycles. The van der Waals surface area contributed by atoms with Crippen LogP contribution in [0.15, 0.2) is 70.4 Å². The SMILES string of the molecule is O=C(Nc1cccc(-c2cnco2)c1)C1CCN(S(=O)(=O)c2ccc(F)cc2)CC1. The van der Waals surface area contributed by atoms with Crippen molar-refractivity contribution in [2.45, 2.75) is 17.7 Å². The second-order valence-corrected chi connectivity index (χ2v) is 9.01. The molecule has 4 rings (SSSR count). The number of piperidine rings is 1. The Morgan fingerprint density at radius 2 is 1.87 bits per heavy atom. The van der Waals surface area contributed by atoms with E-state index in [0.717, 1.165) is 17.7 Å². The van der Waals surface area contributed by atoms with Crippen molar-refractivity contribution < 1.29 is 22.0 Å². The zero-order chi connectivity index (χ0) is 21.1. The number of oxazole rings is 1. The average molecular weight is 429 g/mol. The molecule has 0 spiro atoms. The number of nitrogens with zero attached hydrogens (tertiary/aromatic N) is 2. The zero-order valence-electron chi connectivity index (χ0n) is 16.0. The maximum Gasteiger partial charge on any atom is 0.243 e. The molecule has 0 atom stereocenters. The molecule has 9 heteroatoms. The quantitative estimate of drug-likeness (QED) is 0.670. The number of halogens is 1. The molecule has 0 aliphatic carbocycles. The first-order valence-electron chi connectivity index (χ1n) is 9.49. The number of aromatic nitrogens is 1. The van der Waals surface area contributed by atoms with Gasteiger partial charge in [0, 0.05) is 30.3 Å². The summed E-state index contributed by atoms with van der Waals surface area (Å²) in [6.45, 7) is 0.464. The second-order valence-electron chi connectivity index (χ2n) is 7.07. The van der Waals surface area contributed by atoms with Crippen LogP contribution in [0.2, 0.25) is 0 Å². The number of benzene rings is 2. The molecule has 1 amide bonds. The monoisotopic (exact) mass is 429 g/mol. The van der Waals surface area contributed by atoms with E-state index < -0.39 is 15.8 Å². The van der Waals surface area contributed by atoms with Crippen molar-refractivity contribution >= 4 is 21.6 Å². The van der Waals surface area contributed by atoms with Gasteiger partial charge in [0.1, 0.15) is 5.82 Å². The van der Waals surface area contributed by atoms with Crippen LogP contribution >= 0.6 is 0 Å². The van der Waals surface area contributed by atoms with Gasteiger partial charge < -0.3 is 9.73 Å². The van der Waals surface area contributed by atoms with Gasteiger partial charge in [0.15, 0.2) is 12.2 Å². The Labute approximate surface area is 173 Å². The molecule has 2 aromatic carbocycles. The lowest BCUT2D eigenvalue weighted by molar-refractivity contribution is -0.120. The molecular weight excluding hydrogens is 409 g/mol. The van der Waals surface area contributed by atoms with Crippen LogP contribution in [0.5, 0.6) is 0 Å². The Morgan fingerprint density at radius 1 is 1.13 bits per heavy atom. The first-order chi connectivity index (χ1) is 14.4. The first-order valence-corrected chi connectivity index (χ1v) is 10.9. The van der Waals surface area contributed by atoms with E-state index in [9.17, 15) is 17.6 Å². The molecule has 0 saturated carbocycles. The van der Waals surface area contributed by atoms with Crippen molar-refractivity contribution in [3.63, 3.8) is 0 Å². The largest absolute Gasteiger partial charge is 0.444 e. The Hall–Kier alpha value is -3.04. The van der Waals surface area contributed by atoms with Gasteiger partial charge in [0.05, 0.1) is 11.1 Å². The maximum absolute atomic E-state index is 13.1. The highest BCUT2D eigenvalue weighted by atomic mass is 32.2. The zero-order valence-corrected chi connectivity index (χ0v) is 16.8. The summed E-state index contributed by atoms with van der Waals surface area (Å²) in [6, 6.07) is 12.0. The minimum Gasteiger partial charge on any atom is -0.444 e. The third-order valence-electron chi connectivity index (χ3n) is 5.12. The number of rotatable bonds is 5. The van der Waals surface area contributed by atoms with Crippen LogP contribution in [-0.4, -0.2) is 36.7 Å². The van der Waals surface area contributed by atoms with Crippen LogP contribution in [0.1, 0.15) is 12.8 Å². The van der Waals surface area contributed by atoms with Crippen LogP contribution < -0.4 is 5.32 Å². The molecule has 2 heterocycles. The van der Waals surface area contributed by atoms with Crippen LogP contribution in [0.4, 0.5) is 10.1 Å². The van der Waals surface area contributed by atoms with E-state index in [1.807, 2.05) is 12.1 Å². The summed E-state index contributed by atoms with van der Waals surface area (Å²) >= 11 is 0. The highest BCUT2D eigenvalue weighted by molar-refractivity contribution is 7.89. The predicted octanol–water partition coefficient (Wildman–Crippen LogP) is 3.52. The van der Waals surface area contributed by atoms with Crippen molar-refractivity contribution in [2.75, 3.05) is 18.4 Å². The van der Waals surface area contributed by atoms with Gasteiger partial charge in [0.2, 0.25) is 15.9 Å². The standard InChI is InChI=1S/C21H20FN3O4S/c22-17-4-6-19(7-5-17)30(27,28)25-10-8-15(9-11-25)21(26)24-18-3-1-2-16(12-18)20-13-23-14-29-20/h1-7,12-15H,8-11H2,(H,24,26). The fourth-order valence-electron chi connectivity index (χ4n) is 3.47. The summed E-state index contributed by atoms with van der Waals surface area (Å²) in [5, 5.41) is 2.89. The van der Waals surface area contributed by atoms with Gasteiger partial charge in [0.25, 0.3) is 0 Å². The number of hydrogen-bond donors (Lipinski definition) is 1. The maximum atomic E-state index is 13.1. The van der Waals surface area contributed by atoms with Crippen LogP contribution in [0.3, 0.4) is 0 Å². The Kier molecular flexibility index (Phi) is 5.65. The van der Waals surface area contributed by atoms with E-state index in [-0.39, 0.29) is 29.8 Å². The molecule has 1 aliphatic rings. The summed E-state index contributed by atoms with van der Waals surface area (Å²) in [5.74, 6) is -0.329. The Balaban J connectivity index is 1.38. The topological polar surface area (TPSA) is 92.5 Å². The number of sulfonamides is 1. The van der Waals surface area contributed by atoms with Crippen LogP contribution in [0, 0.1) is 11.7 Å². The van der Waals surface area contributed by atoms with E-state index in [1.165, 1.54) is 22.8 Å². The van der Waals surface area contributed by atoms with Crippen molar-refractivity contribution in [1.29, 1.82) is 0 Å². The minimum absolute atomic E-state index is 0.0519. The minimum atomic E-state index is -3.70. The van der Waals surface area contributed by atoms with Gasteiger partial charge in [-0.1, -0.05) is 12.1 Å². The molecule has 0 radical (unpaired) electrons. The van der Waals surface area contributed by atoms with Gasteiger partial charge in [-0.15, -0.1) is 0 Å². The summed E-state index contributed by atoms with van der Waals surface area (Å²) in [4.78, 5) is 16.6. The van der Waals surface area contributed by atoms with Gasteiger partial charge >= 0.3 is 0 Å². The van der Waals surface area contributed by atoms with Crippen molar-refractivity contribution in [3.8, 4) is 11.3 Å². The normalized spacial score (nSPS) is 15.8. The number of hydrogen-bond acceptors (Lipinski definition) is 5. The van der Waals surface area contributed by atoms with E-state index in [2.05, 4.69) is 10.3 Å². The summed E-state index contributed by atoms with van der Waals surface area (Å²) < 4.78 is 45.1. The molecule has 1 aromatic heterocycles. The average Bonchev–Trinajstić information content (AvgIpc) is 3.29. The number of amides is 1. The van der Waals surface area contributed by atoms with Crippen LogP contribution in [-0.2, 0) is 14.8 Å². The molecule has 7 nitrogen and oxygen atoms in total. The van der Waals surface area contributed by atoms with E-state index >= 15 is 0 Å². The fourth-order valence-corrected chi connectivity index (χ4v) is 4.94. The predicted molar refractivity (Wildman–Crippen MR) is 108 cm³/mol. The molecule has 0 unspecified atom stereocenters. The van der Waals surface area contributed by atoms with E-state index in [0.29, 0.717) is 24.3 Å². The van der Waals surface area contributed by atoms with Gasteiger partial charge in [-0.2, -0.15) is 4.31 Å². The van der Waals surface area contributed by atoms with Crippen LogP contribution in [0.25, 0.3) is 11.3 Å². The molecule has 0 bridgehead atoms.